The first-order chi connectivity index (χ1) is 14.2. The van der Waals surface area contributed by atoms with E-state index in [1.54, 1.807) is 11.8 Å². The average molecular weight is 417 g/mol. The van der Waals surface area contributed by atoms with Crippen LogP contribution in [-0.2, 0) is 22.4 Å². The molecule has 0 saturated carbocycles. The van der Waals surface area contributed by atoms with Crippen molar-refractivity contribution < 1.29 is 14.7 Å². The lowest BCUT2D eigenvalue weighted by Crippen LogP contribution is -2.48. The number of nitrogens with zero attached hydrogens (tertiary/aromatic N) is 1. The van der Waals surface area contributed by atoms with E-state index in [-0.39, 0.29) is 35.6 Å². The third kappa shape index (κ3) is 4.70. The number of ketones is 1. The third-order valence-corrected chi connectivity index (χ3v) is 7.99. The second kappa shape index (κ2) is 9.63. The van der Waals surface area contributed by atoms with Crippen LogP contribution >= 0.6 is 11.8 Å². The van der Waals surface area contributed by atoms with E-state index in [0.717, 1.165) is 25.7 Å². The molecule has 1 unspecified atom stereocenters. The van der Waals surface area contributed by atoms with Gasteiger partial charge in [0, 0.05) is 24.9 Å². The summed E-state index contributed by atoms with van der Waals surface area (Å²) in [6.45, 7) is 0.664. The minimum absolute atomic E-state index is 0.0326. The zero-order valence-electron chi connectivity index (χ0n) is 17.0. The Morgan fingerprint density at radius 3 is 2.66 bits per heavy atom. The standard InChI is InChI=1S/C23H32N2O3S/c26-14-19-23(29-15-24-19)22(28)20-9-5-11-25(20)21(27)10-4-1-6-16-12-17-7-2-3-8-18(17)13-16/h2-3,7-8,16,19-20,23-24,26H,1,4-6,9-15H2/t19-,20+,23?/m1/s1. The van der Waals surface area contributed by atoms with Gasteiger partial charge in [0.1, 0.15) is 0 Å². The van der Waals surface area contributed by atoms with Crippen molar-refractivity contribution in [3.05, 3.63) is 35.4 Å². The fraction of sp³-hybridized carbons (Fsp3) is 0.652. The SMILES string of the molecule is O=C(C1SCN[C@@H]1CO)[C@@H]1CCCN1C(=O)CCCCC1Cc2ccccc2C1. The van der Waals surface area contributed by atoms with Crippen molar-refractivity contribution >= 4 is 23.5 Å². The Labute approximate surface area is 177 Å². The number of unbranched alkanes of at least 4 members (excludes halogenated alkanes) is 1. The number of nitrogens with one attached hydrogen (secondary N) is 1. The van der Waals surface area contributed by atoms with Crippen molar-refractivity contribution in [1.82, 2.24) is 10.2 Å². The Hall–Kier alpha value is -1.37. The molecule has 0 bridgehead atoms. The molecule has 29 heavy (non-hydrogen) atoms. The van der Waals surface area contributed by atoms with Gasteiger partial charge in [0.15, 0.2) is 5.78 Å². The maximum atomic E-state index is 13.0. The summed E-state index contributed by atoms with van der Waals surface area (Å²) in [5, 5.41) is 12.4. The van der Waals surface area contributed by atoms with Gasteiger partial charge < -0.3 is 15.3 Å². The summed E-state index contributed by atoms with van der Waals surface area (Å²) in [7, 11) is 0. The van der Waals surface area contributed by atoms with Gasteiger partial charge in [-0.2, -0.15) is 0 Å². The Morgan fingerprint density at radius 1 is 1.17 bits per heavy atom. The van der Waals surface area contributed by atoms with Crippen molar-refractivity contribution in [3.63, 3.8) is 0 Å². The van der Waals surface area contributed by atoms with Crippen LogP contribution in [0.4, 0.5) is 0 Å². The van der Waals surface area contributed by atoms with E-state index in [2.05, 4.69) is 29.6 Å². The third-order valence-electron chi connectivity index (χ3n) is 6.74. The molecular formula is C23H32N2O3S. The van der Waals surface area contributed by atoms with Gasteiger partial charge in [0.05, 0.1) is 17.9 Å². The highest BCUT2D eigenvalue weighted by Gasteiger charge is 2.41. The van der Waals surface area contributed by atoms with Gasteiger partial charge in [-0.05, 0) is 55.6 Å². The first-order valence-corrected chi connectivity index (χ1v) is 12.1. The lowest BCUT2D eigenvalue weighted by molar-refractivity contribution is -0.137. The van der Waals surface area contributed by atoms with Crippen LogP contribution in [0.2, 0.25) is 0 Å². The lowest BCUT2D eigenvalue weighted by Gasteiger charge is -2.27. The van der Waals surface area contributed by atoms with E-state index in [1.807, 2.05) is 4.90 Å². The van der Waals surface area contributed by atoms with Crippen molar-refractivity contribution in [2.75, 3.05) is 19.0 Å². The van der Waals surface area contributed by atoms with E-state index in [9.17, 15) is 14.7 Å². The van der Waals surface area contributed by atoms with E-state index < -0.39 is 0 Å². The molecule has 1 aromatic rings. The summed E-state index contributed by atoms with van der Waals surface area (Å²) in [5.41, 5.74) is 2.99. The number of fused-ring (bicyclic) bond motifs is 1. The van der Waals surface area contributed by atoms with Crippen molar-refractivity contribution in [2.45, 2.75) is 68.7 Å². The van der Waals surface area contributed by atoms with Gasteiger partial charge in [-0.1, -0.05) is 30.7 Å². The summed E-state index contributed by atoms with van der Waals surface area (Å²) < 4.78 is 0. The summed E-state index contributed by atoms with van der Waals surface area (Å²) in [5.74, 6) is 1.65. The van der Waals surface area contributed by atoms with Crippen molar-refractivity contribution in [1.29, 1.82) is 0 Å². The Kier molecular flexibility index (Phi) is 6.93. The number of aliphatic hydroxyl groups is 1. The lowest BCUT2D eigenvalue weighted by atomic mass is 9.98. The minimum Gasteiger partial charge on any atom is -0.395 e. The number of rotatable bonds is 8. The molecule has 4 rings (SSSR count). The fourth-order valence-electron chi connectivity index (χ4n) is 5.17. The Bertz CT molecular complexity index is 716. The van der Waals surface area contributed by atoms with Gasteiger partial charge in [-0.15, -0.1) is 11.8 Å². The van der Waals surface area contributed by atoms with Crippen LogP contribution in [-0.4, -0.2) is 58.1 Å². The van der Waals surface area contributed by atoms with Crippen molar-refractivity contribution in [3.8, 4) is 0 Å². The molecule has 158 valence electrons. The minimum atomic E-state index is -0.293. The summed E-state index contributed by atoms with van der Waals surface area (Å²) in [4.78, 5) is 27.6. The maximum Gasteiger partial charge on any atom is 0.223 e. The van der Waals surface area contributed by atoms with Crippen LogP contribution in [0.5, 0.6) is 0 Å². The highest BCUT2D eigenvalue weighted by atomic mass is 32.2. The van der Waals surface area contributed by atoms with Gasteiger partial charge >= 0.3 is 0 Å². The predicted octanol–water partition coefficient (Wildman–Crippen LogP) is 2.55. The molecular weight excluding hydrogens is 384 g/mol. The number of benzene rings is 1. The molecule has 0 spiro atoms. The highest BCUT2D eigenvalue weighted by molar-refractivity contribution is 8.00. The topological polar surface area (TPSA) is 69.6 Å². The first kappa shape index (κ1) is 20.9. The van der Waals surface area contributed by atoms with E-state index in [0.29, 0.717) is 24.8 Å². The van der Waals surface area contributed by atoms with Crippen LogP contribution in [0.25, 0.3) is 0 Å². The monoisotopic (exact) mass is 416 g/mol. The van der Waals surface area contributed by atoms with Gasteiger partial charge in [-0.25, -0.2) is 0 Å². The molecule has 2 heterocycles. The predicted molar refractivity (Wildman–Crippen MR) is 116 cm³/mol. The average Bonchev–Trinajstić information content (AvgIpc) is 3.48. The van der Waals surface area contributed by atoms with Crippen LogP contribution in [0.1, 0.15) is 49.7 Å². The molecule has 1 aliphatic carbocycles. The second-order valence-electron chi connectivity index (χ2n) is 8.66. The van der Waals surface area contributed by atoms with Crippen molar-refractivity contribution in [2.24, 2.45) is 5.92 Å². The van der Waals surface area contributed by atoms with E-state index in [1.165, 1.54) is 30.4 Å². The smallest absolute Gasteiger partial charge is 0.223 e. The molecule has 2 saturated heterocycles. The fourth-order valence-corrected chi connectivity index (χ4v) is 6.39. The number of Topliss-reactive ketones (excluding diaryl/α,β-unsaturated/α-hetero) is 1. The van der Waals surface area contributed by atoms with Crippen LogP contribution < -0.4 is 5.32 Å². The number of amides is 1. The zero-order valence-corrected chi connectivity index (χ0v) is 17.8. The quantitative estimate of drug-likeness (QED) is 0.638. The summed E-state index contributed by atoms with van der Waals surface area (Å²) in [6.07, 6.45) is 7.71. The number of hydrogen-bond donors (Lipinski definition) is 2. The summed E-state index contributed by atoms with van der Waals surface area (Å²) >= 11 is 1.56. The molecule has 3 aliphatic rings. The summed E-state index contributed by atoms with van der Waals surface area (Å²) in [6, 6.07) is 8.25. The van der Waals surface area contributed by atoms with Gasteiger partial charge in [0.2, 0.25) is 5.91 Å². The molecule has 6 heteroatoms. The largest absolute Gasteiger partial charge is 0.395 e. The number of hydrogen-bond acceptors (Lipinski definition) is 5. The number of thioether (sulfide) groups is 1. The highest BCUT2D eigenvalue weighted by Crippen LogP contribution is 2.31. The number of aliphatic hydroxyl groups excluding tert-OH is 1. The number of likely N-dealkylation sites (tertiary alicyclic amines) is 1. The molecule has 2 fully saturated rings. The maximum absolute atomic E-state index is 13.0. The molecule has 0 radical (unpaired) electrons. The number of carbonyl (C=O) groups excluding carboxylic acids is 2. The molecule has 2 N–H and O–H groups in total. The van der Waals surface area contributed by atoms with E-state index in [4.69, 9.17) is 0 Å². The van der Waals surface area contributed by atoms with Crippen LogP contribution in [0.3, 0.4) is 0 Å². The second-order valence-corrected chi connectivity index (χ2v) is 9.79. The first-order valence-electron chi connectivity index (χ1n) is 11.0. The number of carbonyl (C=O) groups is 2. The Balaban J connectivity index is 1.22. The molecule has 1 amide bonds. The van der Waals surface area contributed by atoms with Gasteiger partial charge in [-0.3, -0.25) is 9.59 Å². The Morgan fingerprint density at radius 2 is 1.93 bits per heavy atom. The molecule has 5 nitrogen and oxygen atoms in total. The van der Waals surface area contributed by atoms with Gasteiger partial charge in [0.25, 0.3) is 0 Å². The molecule has 3 atom stereocenters. The van der Waals surface area contributed by atoms with E-state index >= 15 is 0 Å². The zero-order chi connectivity index (χ0) is 20.2. The molecule has 2 aliphatic heterocycles. The van der Waals surface area contributed by atoms with Crippen LogP contribution in [0, 0.1) is 5.92 Å². The van der Waals surface area contributed by atoms with Crippen LogP contribution in [0.15, 0.2) is 24.3 Å². The normalized spacial score (nSPS) is 26.8. The molecule has 1 aromatic carbocycles. The molecule has 0 aromatic heterocycles.